The van der Waals surface area contributed by atoms with Crippen molar-refractivity contribution in [2.45, 2.75) is 62.9 Å². The maximum atomic E-state index is 13.9. The van der Waals surface area contributed by atoms with Gasteiger partial charge in [-0.15, -0.1) is 0 Å². The van der Waals surface area contributed by atoms with Crippen LogP contribution >= 0.6 is 11.6 Å². The van der Waals surface area contributed by atoms with Crippen LogP contribution in [-0.4, -0.2) is 58.6 Å². The molecule has 1 saturated carbocycles. The van der Waals surface area contributed by atoms with Crippen LogP contribution in [0.3, 0.4) is 0 Å². The molecule has 2 aromatic rings. The van der Waals surface area contributed by atoms with Crippen molar-refractivity contribution < 1.29 is 18.8 Å². The number of quaternary nitrogens is 1. The summed E-state index contributed by atoms with van der Waals surface area (Å²) >= 11 is 5.90. The van der Waals surface area contributed by atoms with E-state index in [1.165, 1.54) is 25.2 Å². The lowest BCUT2D eigenvalue weighted by Gasteiger charge is -2.52. The van der Waals surface area contributed by atoms with Gasteiger partial charge in [0, 0.05) is 18.8 Å². The van der Waals surface area contributed by atoms with E-state index in [9.17, 15) is 9.59 Å². The third-order valence-electron chi connectivity index (χ3n) is 8.33. The van der Waals surface area contributed by atoms with Gasteiger partial charge in [-0.25, -0.2) is 4.98 Å². The highest BCUT2D eigenvalue weighted by molar-refractivity contribution is 6.29. The first-order valence-electron chi connectivity index (χ1n) is 12.9. The van der Waals surface area contributed by atoms with Gasteiger partial charge in [-0.05, 0) is 18.4 Å². The number of hydrogen-bond donors (Lipinski definition) is 1. The molecule has 186 valence electrons. The molecule has 0 radical (unpaired) electrons. The zero-order valence-corrected chi connectivity index (χ0v) is 20.9. The molecule has 2 bridgehead atoms. The van der Waals surface area contributed by atoms with E-state index in [1.807, 2.05) is 18.2 Å². The zero-order chi connectivity index (χ0) is 24.3. The van der Waals surface area contributed by atoms with Gasteiger partial charge < -0.3 is 14.5 Å². The van der Waals surface area contributed by atoms with Crippen molar-refractivity contribution in [3.8, 4) is 0 Å². The Morgan fingerprint density at radius 2 is 1.77 bits per heavy atom. The van der Waals surface area contributed by atoms with E-state index in [0.29, 0.717) is 29.3 Å². The van der Waals surface area contributed by atoms with Crippen LogP contribution in [0.1, 0.15) is 56.9 Å². The summed E-state index contributed by atoms with van der Waals surface area (Å²) < 4.78 is 7.04. The number of amides is 1. The molecule has 6 rings (SSSR count). The second-order valence-electron chi connectivity index (χ2n) is 10.5. The maximum Gasteiger partial charge on any atom is 0.317 e. The third kappa shape index (κ3) is 5.21. The van der Waals surface area contributed by atoms with E-state index in [4.69, 9.17) is 16.3 Å². The molecule has 4 aliphatic rings. The number of fused-ring (bicyclic) bond motifs is 3. The van der Waals surface area contributed by atoms with E-state index in [2.05, 4.69) is 27.4 Å². The van der Waals surface area contributed by atoms with Crippen LogP contribution in [0, 0.1) is 5.92 Å². The van der Waals surface area contributed by atoms with Crippen LogP contribution in [0.4, 0.5) is 5.82 Å². The first kappa shape index (κ1) is 24.2. The lowest BCUT2D eigenvalue weighted by molar-refractivity contribution is -0.939. The fraction of sp³-hybridized carbons (Fsp3) is 0.556. The smallest absolute Gasteiger partial charge is 0.317 e. The van der Waals surface area contributed by atoms with Crippen LogP contribution in [0.25, 0.3) is 0 Å². The Labute approximate surface area is 211 Å². The summed E-state index contributed by atoms with van der Waals surface area (Å²) in [7, 11) is 0. The van der Waals surface area contributed by atoms with Crippen molar-refractivity contribution in [3.05, 3.63) is 53.4 Å². The number of benzene rings is 1. The summed E-state index contributed by atoms with van der Waals surface area (Å²) in [6.07, 6.45) is 10.8. The van der Waals surface area contributed by atoms with E-state index >= 15 is 0 Å². The van der Waals surface area contributed by atoms with Crippen LogP contribution in [0.15, 0.2) is 42.7 Å². The molecule has 3 aliphatic heterocycles. The summed E-state index contributed by atoms with van der Waals surface area (Å²) in [4.78, 5) is 34.9. The second kappa shape index (κ2) is 10.2. The summed E-state index contributed by atoms with van der Waals surface area (Å²) in [6, 6.07) is 10.2. The lowest BCUT2D eigenvalue weighted by atomic mass is 9.74. The normalized spacial score (nSPS) is 27.6. The topological polar surface area (TPSA) is 81.2 Å². The third-order valence-corrected chi connectivity index (χ3v) is 8.51. The number of carbonyl (C=O) groups excluding carboxylic acids is 2. The molecule has 1 aromatic carbocycles. The van der Waals surface area contributed by atoms with Gasteiger partial charge in [0.15, 0.2) is 18.5 Å². The fourth-order valence-electron chi connectivity index (χ4n) is 6.42. The van der Waals surface area contributed by atoms with Crippen molar-refractivity contribution in [3.63, 3.8) is 0 Å². The standard InChI is InChI=1S/C27H33ClN4O3/c28-23-16-29-17-24(30-23)31-25(33)19-32-14-10-20(11-15-32)22(18-32)35-26(34)27(12-6-1-2-7-13-27)21-8-4-3-5-9-21/h3-5,8-9,16-17,20,22H,1-2,6-7,10-15,18-19H2/p+1/t20?,22-,32?/m0/s1. The average Bonchev–Trinajstić information content (AvgIpc) is 3.12. The molecule has 3 saturated heterocycles. The minimum absolute atomic E-state index is 0.0684. The number of halogens is 1. The minimum atomic E-state index is -0.558. The van der Waals surface area contributed by atoms with E-state index < -0.39 is 5.41 Å². The molecule has 8 heteroatoms. The van der Waals surface area contributed by atoms with Gasteiger partial charge in [-0.2, -0.15) is 0 Å². The molecule has 1 N–H and O–H groups in total. The molecule has 4 heterocycles. The van der Waals surface area contributed by atoms with E-state index in [0.717, 1.165) is 57.2 Å². The number of piperidine rings is 3. The highest BCUT2D eigenvalue weighted by atomic mass is 35.5. The Morgan fingerprint density at radius 3 is 2.46 bits per heavy atom. The molecule has 1 aromatic heterocycles. The largest absolute Gasteiger partial charge is 0.455 e. The Morgan fingerprint density at radius 1 is 1.06 bits per heavy atom. The lowest BCUT2D eigenvalue weighted by Crippen LogP contribution is -2.66. The van der Waals surface area contributed by atoms with Gasteiger partial charge in [-0.1, -0.05) is 67.6 Å². The molecule has 0 spiro atoms. The molecule has 1 aliphatic carbocycles. The Bertz CT molecular complexity index is 1050. The summed E-state index contributed by atoms with van der Waals surface area (Å²) in [6.45, 7) is 2.88. The zero-order valence-electron chi connectivity index (χ0n) is 20.1. The highest BCUT2D eigenvalue weighted by Gasteiger charge is 2.51. The predicted molar refractivity (Wildman–Crippen MR) is 134 cm³/mol. The van der Waals surface area contributed by atoms with Crippen molar-refractivity contribution in [1.82, 2.24) is 9.97 Å². The van der Waals surface area contributed by atoms with Gasteiger partial charge in [0.2, 0.25) is 0 Å². The molecule has 35 heavy (non-hydrogen) atoms. The summed E-state index contributed by atoms with van der Waals surface area (Å²) in [5, 5.41) is 3.07. The molecular weight excluding hydrogens is 464 g/mol. The van der Waals surface area contributed by atoms with Crippen LogP contribution in [0.2, 0.25) is 5.15 Å². The molecule has 1 atom stereocenters. The van der Waals surface area contributed by atoms with E-state index in [1.54, 1.807) is 0 Å². The van der Waals surface area contributed by atoms with Crippen molar-refractivity contribution in [2.24, 2.45) is 5.92 Å². The number of esters is 1. The van der Waals surface area contributed by atoms with Crippen molar-refractivity contribution in [2.75, 3.05) is 31.5 Å². The highest BCUT2D eigenvalue weighted by Crippen LogP contribution is 2.42. The van der Waals surface area contributed by atoms with Crippen LogP contribution in [-0.2, 0) is 19.7 Å². The number of anilines is 1. The number of nitrogens with one attached hydrogen (secondary N) is 1. The molecular formula is C27H34ClN4O3+. The van der Waals surface area contributed by atoms with Gasteiger partial charge in [0.1, 0.15) is 11.7 Å². The molecule has 1 amide bonds. The number of carbonyl (C=O) groups is 2. The van der Waals surface area contributed by atoms with E-state index in [-0.39, 0.29) is 23.1 Å². The second-order valence-corrected chi connectivity index (χ2v) is 10.9. The molecule has 4 fully saturated rings. The summed E-state index contributed by atoms with van der Waals surface area (Å²) in [5.41, 5.74) is 0.524. The van der Waals surface area contributed by atoms with Gasteiger partial charge in [-0.3, -0.25) is 14.6 Å². The number of nitrogens with zero attached hydrogens (tertiary/aromatic N) is 3. The fourth-order valence-corrected chi connectivity index (χ4v) is 6.56. The van der Waals surface area contributed by atoms with Crippen molar-refractivity contribution >= 4 is 29.3 Å². The number of aromatic nitrogens is 2. The van der Waals surface area contributed by atoms with Gasteiger partial charge in [0.05, 0.1) is 30.9 Å². The molecule has 7 nitrogen and oxygen atoms in total. The quantitative estimate of drug-likeness (QED) is 0.360. The van der Waals surface area contributed by atoms with Gasteiger partial charge in [0.25, 0.3) is 5.91 Å². The predicted octanol–water partition coefficient (Wildman–Crippen LogP) is 4.51. The number of ether oxygens (including phenoxy) is 1. The van der Waals surface area contributed by atoms with Crippen molar-refractivity contribution in [1.29, 1.82) is 0 Å². The Balaban J connectivity index is 1.29. The van der Waals surface area contributed by atoms with Crippen LogP contribution < -0.4 is 5.32 Å². The minimum Gasteiger partial charge on any atom is -0.455 e. The Hall–Kier alpha value is -2.51. The first-order valence-corrected chi connectivity index (χ1v) is 13.3. The molecule has 0 unspecified atom stereocenters. The summed E-state index contributed by atoms with van der Waals surface area (Å²) in [5.74, 6) is 0.547. The average molecular weight is 498 g/mol. The first-order chi connectivity index (χ1) is 17.0. The van der Waals surface area contributed by atoms with Gasteiger partial charge >= 0.3 is 5.97 Å². The maximum absolute atomic E-state index is 13.9. The Kier molecular flexibility index (Phi) is 7.07. The van der Waals surface area contributed by atoms with Crippen LogP contribution in [0.5, 0.6) is 0 Å². The number of rotatable bonds is 6. The SMILES string of the molecule is O=C(C[N+]12CCC(CC1)[C@@H](OC(=O)C1(c3ccccc3)CCCCCC1)C2)Nc1cncc(Cl)n1. The monoisotopic (exact) mass is 497 g/mol. The number of hydrogen-bond acceptors (Lipinski definition) is 5.